The maximum atomic E-state index is 11.5. The number of hydrogen-bond acceptors (Lipinski definition) is 3. The standard InChI is InChI=1S/C21H22O3/c1-3-17(22)10-9-16-13-14-23-21-19(16)5-4-6-20(21)24-18-11-7-15(2)8-12-18/h3-8,11-12,16H,1,9-10,13-14H2,2H3. The molecular formula is C21H22O3. The number of ketones is 1. The third-order valence-corrected chi connectivity index (χ3v) is 4.38. The first-order valence-electron chi connectivity index (χ1n) is 8.33. The van der Waals surface area contributed by atoms with Crippen molar-refractivity contribution < 1.29 is 14.3 Å². The Bertz CT molecular complexity index is 731. The van der Waals surface area contributed by atoms with E-state index < -0.39 is 0 Å². The van der Waals surface area contributed by atoms with Gasteiger partial charge in [-0.1, -0.05) is 36.4 Å². The fraction of sp³-hybridized carbons (Fsp3) is 0.286. The van der Waals surface area contributed by atoms with E-state index in [4.69, 9.17) is 9.47 Å². The Hall–Kier alpha value is -2.55. The van der Waals surface area contributed by atoms with Gasteiger partial charge in [0.05, 0.1) is 6.61 Å². The van der Waals surface area contributed by atoms with E-state index in [-0.39, 0.29) is 5.78 Å². The zero-order valence-corrected chi connectivity index (χ0v) is 14.0. The van der Waals surface area contributed by atoms with Gasteiger partial charge >= 0.3 is 0 Å². The Morgan fingerprint density at radius 3 is 2.83 bits per heavy atom. The predicted octanol–water partition coefficient (Wildman–Crippen LogP) is 5.19. The molecule has 3 nitrogen and oxygen atoms in total. The lowest BCUT2D eigenvalue weighted by atomic mass is 9.88. The molecule has 0 radical (unpaired) electrons. The van der Waals surface area contributed by atoms with Crippen molar-refractivity contribution in [3.63, 3.8) is 0 Å². The molecule has 1 heterocycles. The van der Waals surface area contributed by atoms with E-state index in [0.29, 0.717) is 18.9 Å². The van der Waals surface area contributed by atoms with E-state index in [1.807, 2.05) is 43.3 Å². The van der Waals surface area contributed by atoms with Crippen LogP contribution in [0.3, 0.4) is 0 Å². The fourth-order valence-electron chi connectivity index (χ4n) is 3.00. The molecule has 2 aromatic carbocycles. The van der Waals surface area contributed by atoms with Gasteiger partial charge in [-0.05, 0) is 50.0 Å². The SMILES string of the molecule is C=CC(=O)CCC1CCOc2c(Oc3ccc(C)cc3)cccc21. The number of para-hydroxylation sites is 1. The van der Waals surface area contributed by atoms with Gasteiger partial charge in [0.1, 0.15) is 5.75 Å². The Kier molecular flexibility index (Phi) is 4.99. The first-order chi connectivity index (χ1) is 11.7. The van der Waals surface area contributed by atoms with Crippen LogP contribution < -0.4 is 9.47 Å². The van der Waals surface area contributed by atoms with Crippen LogP contribution in [0.2, 0.25) is 0 Å². The molecular weight excluding hydrogens is 300 g/mol. The van der Waals surface area contributed by atoms with Crippen LogP contribution in [0, 0.1) is 6.92 Å². The van der Waals surface area contributed by atoms with Crippen molar-refractivity contribution in [2.45, 2.75) is 32.1 Å². The maximum Gasteiger partial charge on any atom is 0.169 e. The molecule has 0 saturated carbocycles. The second-order valence-corrected chi connectivity index (χ2v) is 6.13. The minimum atomic E-state index is 0.0927. The highest BCUT2D eigenvalue weighted by atomic mass is 16.5. The Labute approximate surface area is 142 Å². The Morgan fingerprint density at radius 2 is 2.08 bits per heavy atom. The molecule has 1 aliphatic rings. The van der Waals surface area contributed by atoms with Crippen LogP contribution in [0.25, 0.3) is 0 Å². The van der Waals surface area contributed by atoms with Crippen molar-refractivity contribution in [3.8, 4) is 17.2 Å². The highest BCUT2D eigenvalue weighted by molar-refractivity contribution is 5.89. The summed E-state index contributed by atoms with van der Waals surface area (Å²) in [7, 11) is 0. The quantitative estimate of drug-likeness (QED) is 0.687. The average molecular weight is 322 g/mol. The Morgan fingerprint density at radius 1 is 1.29 bits per heavy atom. The van der Waals surface area contributed by atoms with Crippen LogP contribution in [0.5, 0.6) is 17.2 Å². The molecule has 2 aromatic rings. The van der Waals surface area contributed by atoms with Crippen molar-refractivity contribution in [3.05, 3.63) is 66.2 Å². The number of hydrogen-bond donors (Lipinski definition) is 0. The van der Waals surface area contributed by atoms with Gasteiger partial charge in [0.2, 0.25) is 0 Å². The van der Waals surface area contributed by atoms with Gasteiger partial charge in [-0.3, -0.25) is 4.79 Å². The van der Waals surface area contributed by atoms with E-state index in [0.717, 1.165) is 35.7 Å². The molecule has 124 valence electrons. The second-order valence-electron chi connectivity index (χ2n) is 6.13. The van der Waals surface area contributed by atoms with Crippen LogP contribution in [-0.2, 0) is 4.79 Å². The molecule has 0 amide bonds. The van der Waals surface area contributed by atoms with E-state index in [2.05, 4.69) is 12.6 Å². The zero-order chi connectivity index (χ0) is 16.9. The second kappa shape index (κ2) is 7.35. The lowest BCUT2D eigenvalue weighted by molar-refractivity contribution is -0.114. The first kappa shape index (κ1) is 16.3. The zero-order valence-electron chi connectivity index (χ0n) is 14.0. The molecule has 0 bridgehead atoms. The third kappa shape index (κ3) is 3.67. The molecule has 24 heavy (non-hydrogen) atoms. The van der Waals surface area contributed by atoms with Crippen molar-refractivity contribution in [1.82, 2.24) is 0 Å². The molecule has 0 saturated heterocycles. The molecule has 3 rings (SSSR count). The number of rotatable bonds is 6. The summed E-state index contributed by atoms with van der Waals surface area (Å²) in [6.45, 7) is 6.24. The smallest absolute Gasteiger partial charge is 0.169 e. The highest BCUT2D eigenvalue weighted by Crippen LogP contribution is 2.43. The first-order valence-corrected chi connectivity index (χ1v) is 8.33. The summed E-state index contributed by atoms with van der Waals surface area (Å²) in [4.78, 5) is 11.5. The summed E-state index contributed by atoms with van der Waals surface area (Å²) < 4.78 is 11.9. The van der Waals surface area contributed by atoms with Crippen LogP contribution in [-0.4, -0.2) is 12.4 Å². The average Bonchev–Trinajstić information content (AvgIpc) is 2.62. The largest absolute Gasteiger partial charge is 0.489 e. The molecule has 0 N–H and O–H groups in total. The fourth-order valence-corrected chi connectivity index (χ4v) is 3.00. The van der Waals surface area contributed by atoms with Gasteiger partial charge in [-0.25, -0.2) is 0 Å². The molecule has 0 spiro atoms. The van der Waals surface area contributed by atoms with Crippen LogP contribution in [0.4, 0.5) is 0 Å². The molecule has 0 aliphatic carbocycles. The van der Waals surface area contributed by atoms with Gasteiger partial charge < -0.3 is 9.47 Å². The van der Waals surface area contributed by atoms with E-state index >= 15 is 0 Å². The molecule has 1 atom stereocenters. The normalized spacial score (nSPS) is 16.0. The number of aryl methyl sites for hydroxylation is 1. The number of fused-ring (bicyclic) bond motifs is 1. The predicted molar refractivity (Wildman–Crippen MR) is 95.0 cm³/mol. The summed E-state index contributed by atoms with van der Waals surface area (Å²) in [5.41, 5.74) is 2.32. The minimum absolute atomic E-state index is 0.0927. The minimum Gasteiger partial charge on any atom is -0.489 e. The summed E-state index contributed by atoms with van der Waals surface area (Å²) in [6, 6.07) is 13.9. The van der Waals surface area contributed by atoms with Gasteiger partial charge in [0, 0.05) is 12.0 Å². The topological polar surface area (TPSA) is 35.5 Å². The molecule has 0 fully saturated rings. The van der Waals surface area contributed by atoms with Crippen LogP contribution in [0.1, 0.15) is 36.3 Å². The van der Waals surface area contributed by atoms with Gasteiger partial charge in [0.25, 0.3) is 0 Å². The summed E-state index contributed by atoms with van der Waals surface area (Å²) in [5, 5.41) is 0. The van der Waals surface area contributed by atoms with E-state index in [1.54, 1.807) is 0 Å². The number of ether oxygens (including phenoxy) is 2. The third-order valence-electron chi connectivity index (χ3n) is 4.38. The number of carbonyl (C=O) groups excluding carboxylic acids is 1. The van der Waals surface area contributed by atoms with Crippen molar-refractivity contribution in [2.24, 2.45) is 0 Å². The molecule has 1 unspecified atom stereocenters. The van der Waals surface area contributed by atoms with Gasteiger partial charge in [-0.15, -0.1) is 0 Å². The summed E-state index contributed by atoms with van der Waals surface area (Å²) in [5.74, 6) is 2.74. The number of benzene rings is 2. The van der Waals surface area contributed by atoms with Crippen LogP contribution >= 0.6 is 0 Å². The molecule has 0 aromatic heterocycles. The van der Waals surface area contributed by atoms with E-state index in [1.165, 1.54) is 11.6 Å². The van der Waals surface area contributed by atoms with E-state index in [9.17, 15) is 4.79 Å². The maximum absolute atomic E-state index is 11.5. The molecule has 3 heteroatoms. The molecule has 1 aliphatic heterocycles. The summed E-state index contributed by atoms with van der Waals surface area (Å²) >= 11 is 0. The van der Waals surface area contributed by atoms with Crippen molar-refractivity contribution >= 4 is 5.78 Å². The van der Waals surface area contributed by atoms with Crippen molar-refractivity contribution in [1.29, 1.82) is 0 Å². The lowest BCUT2D eigenvalue weighted by Gasteiger charge is -2.27. The number of allylic oxidation sites excluding steroid dienone is 1. The summed E-state index contributed by atoms with van der Waals surface area (Å²) in [6.07, 6.45) is 3.66. The van der Waals surface area contributed by atoms with Gasteiger partial charge in [0.15, 0.2) is 17.3 Å². The van der Waals surface area contributed by atoms with Crippen molar-refractivity contribution in [2.75, 3.05) is 6.61 Å². The number of carbonyl (C=O) groups is 1. The van der Waals surface area contributed by atoms with Gasteiger partial charge in [-0.2, -0.15) is 0 Å². The lowest BCUT2D eigenvalue weighted by Crippen LogP contribution is -2.15. The van der Waals surface area contributed by atoms with Crippen LogP contribution in [0.15, 0.2) is 55.1 Å². The highest BCUT2D eigenvalue weighted by Gasteiger charge is 2.24. The Balaban J connectivity index is 1.81. The monoisotopic (exact) mass is 322 g/mol.